The number of benzene rings is 3. The van der Waals surface area contributed by atoms with E-state index >= 15 is 0 Å². The van der Waals surface area contributed by atoms with E-state index in [1.807, 2.05) is 104 Å². The van der Waals surface area contributed by atoms with Gasteiger partial charge in [-0.2, -0.15) is 0 Å². The smallest absolute Gasteiger partial charge is 0.287 e. The highest BCUT2D eigenvalue weighted by Gasteiger charge is 2.18. The first-order valence-electron chi connectivity index (χ1n) is 12.1. The molecule has 7 nitrogen and oxygen atoms in total. The molecule has 0 aliphatic heterocycles. The third kappa shape index (κ3) is 4.86. The predicted octanol–water partition coefficient (Wildman–Crippen LogP) is 4.23. The molecule has 0 radical (unpaired) electrons. The maximum atomic E-state index is 13.1. The van der Waals surface area contributed by atoms with Gasteiger partial charge in [0.05, 0.1) is 11.0 Å². The van der Waals surface area contributed by atoms with Gasteiger partial charge in [0.2, 0.25) is 0 Å². The minimum Gasteiger partial charge on any atom is -0.351 e. The Bertz CT molecular complexity index is 1530. The van der Waals surface area contributed by atoms with Crippen LogP contribution in [0.5, 0.6) is 0 Å². The van der Waals surface area contributed by atoms with Crippen molar-refractivity contribution in [2.75, 3.05) is 6.54 Å². The topological polar surface area (TPSA) is 81.0 Å². The lowest BCUT2D eigenvalue weighted by molar-refractivity contribution is 0.0931. The number of carbonyl (C=O) groups excluding carboxylic acids is 2. The van der Waals surface area contributed by atoms with Crippen LogP contribution in [0.2, 0.25) is 0 Å². The molecule has 0 bridgehead atoms. The molecule has 0 saturated heterocycles. The molecule has 2 heterocycles. The quantitative estimate of drug-likeness (QED) is 0.350. The molecule has 5 aromatic rings. The van der Waals surface area contributed by atoms with E-state index in [1.165, 1.54) is 0 Å². The molecule has 0 aliphatic rings. The molecule has 2 N–H and O–H groups in total. The molecule has 7 heteroatoms. The zero-order valence-corrected chi connectivity index (χ0v) is 20.4. The summed E-state index contributed by atoms with van der Waals surface area (Å²) >= 11 is 0. The molecule has 1 atom stereocenters. The van der Waals surface area contributed by atoms with Crippen molar-refractivity contribution < 1.29 is 9.59 Å². The van der Waals surface area contributed by atoms with Gasteiger partial charge in [-0.3, -0.25) is 9.59 Å². The summed E-state index contributed by atoms with van der Waals surface area (Å²) in [4.78, 5) is 30.5. The number of nitrogens with zero attached hydrogens (tertiary/aromatic N) is 3. The number of fused-ring (bicyclic) bond motifs is 2. The van der Waals surface area contributed by atoms with Crippen molar-refractivity contribution in [3.05, 3.63) is 102 Å². The number of para-hydroxylation sites is 2. The summed E-state index contributed by atoms with van der Waals surface area (Å²) in [7, 11) is 3.83. The highest BCUT2D eigenvalue weighted by Crippen LogP contribution is 2.17. The number of aryl methyl sites for hydroxylation is 2. The Labute approximate surface area is 209 Å². The third-order valence-electron chi connectivity index (χ3n) is 6.58. The average molecular weight is 480 g/mol. The summed E-state index contributed by atoms with van der Waals surface area (Å²) in [5, 5.41) is 7.19. The van der Waals surface area contributed by atoms with E-state index in [0.717, 1.165) is 27.5 Å². The van der Waals surface area contributed by atoms with Gasteiger partial charge < -0.3 is 19.8 Å². The molecule has 36 heavy (non-hydrogen) atoms. The molecular formula is C29H29N5O2. The number of amides is 2. The van der Waals surface area contributed by atoms with Crippen molar-refractivity contribution in [1.29, 1.82) is 0 Å². The molecule has 1 unspecified atom stereocenters. The second-order valence-electron chi connectivity index (χ2n) is 9.09. The van der Waals surface area contributed by atoms with E-state index in [1.54, 1.807) is 4.57 Å². The zero-order chi connectivity index (χ0) is 25.1. The first kappa shape index (κ1) is 23.4. The van der Waals surface area contributed by atoms with Gasteiger partial charge in [0.1, 0.15) is 0 Å². The predicted molar refractivity (Wildman–Crippen MR) is 142 cm³/mol. The number of hydrogen-bond acceptors (Lipinski definition) is 3. The SMILES string of the molecule is Cn1ccc2cc(C(=O)NC(CCNC(=O)c3nc4ccccc4n3C)Cc3ccccc3)ccc21. The van der Waals surface area contributed by atoms with E-state index in [-0.39, 0.29) is 17.9 Å². The highest BCUT2D eigenvalue weighted by molar-refractivity contribution is 5.98. The van der Waals surface area contributed by atoms with Gasteiger partial charge in [-0.05, 0) is 54.8 Å². The normalized spacial score (nSPS) is 12.1. The lowest BCUT2D eigenvalue weighted by Gasteiger charge is -2.19. The van der Waals surface area contributed by atoms with E-state index < -0.39 is 0 Å². The van der Waals surface area contributed by atoms with E-state index in [2.05, 4.69) is 15.6 Å². The molecule has 2 amide bonds. The van der Waals surface area contributed by atoms with Crippen molar-refractivity contribution in [3.8, 4) is 0 Å². The van der Waals surface area contributed by atoms with Gasteiger partial charge in [0.15, 0.2) is 5.82 Å². The Hall–Kier alpha value is -4.39. The van der Waals surface area contributed by atoms with Crippen LogP contribution >= 0.6 is 0 Å². The third-order valence-corrected chi connectivity index (χ3v) is 6.58. The summed E-state index contributed by atoms with van der Waals surface area (Å²) in [5.41, 5.74) is 4.53. The van der Waals surface area contributed by atoms with Gasteiger partial charge >= 0.3 is 0 Å². The zero-order valence-electron chi connectivity index (χ0n) is 20.4. The number of rotatable bonds is 8. The average Bonchev–Trinajstić information content (AvgIpc) is 3.44. The number of carbonyl (C=O) groups is 2. The molecule has 0 fully saturated rings. The Morgan fingerprint density at radius 2 is 1.67 bits per heavy atom. The Balaban J connectivity index is 1.27. The fourth-order valence-corrected chi connectivity index (χ4v) is 4.60. The summed E-state index contributed by atoms with van der Waals surface area (Å²) < 4.78 is 3.83. The highest BCUT2D eigenvalue weighted by atomic mass is 16.2. The minimum atomic E-state index is -0.229. The van der Waals surface area contributed by atoms with Gasteiger partial charge in [0, 0.05) is 49.3 Å². The lowest BCUT2D eigenvalue weighted by atomic mass is 10.0. The van der Waals surface area contributed by atoms with Crippen LogP contribution in [0, 0.1) is 0 Å². The molecule has 2 aromatic heterocycles. The lowest BCUT2D eigenvalue weighted by Crippen LogP contribution is -2.39. The fourth-order valence-electron chi connectivity index (χ4n) is 4.60. The van der Waals surface area contributed by atoms with Crippen LogP contribution < -0.4 is 10.6 Å². The number of nitrogens with one attached hydrogen (secondary N) is 2. The Morgan fingerprint density at radius 1 is 0.889 bits per heavy atom. The van der Waals surface area contributed by atoms with Crippen LogP contribution in [0.1, 0.15) is 33.0 Å². The fraction of sp³-hybridized carbons (Fsp3) is 0.207. The largest absolute Gasteiger partial charge is 0.351 e. The van der Waals surface area contributed by atoms with Crippen LogP contribution in [0.4, 0.5) is 0 Å². The Morgan fingerprint density at radius 3 is 2.47 bits per heavy atom. The summed E-state index contributed by atoms with van der Waals surface area (Å²) in [6.07, 6.45) is 3.24. The molecule has 5 rings (SSSR count). The first-order chi connectivity index (χ1) is 17.5. The van der Waals surface area contributed by atoms with Crippen molar-refractivity contribution >= 4 is 33.8 Å². The first-order valence-corrected chi connectivity index (χ1v) is 12.1. The molecular weight excluding hydrogens is 450 g/mol. The van der Waals surface area contributed by atoms with Gasteiger partial charge in [-0.1, -0.05) is 42.5 Å². The maximum absolute atomic E-state index is 13.1. The van der Waals surface area contributed by atoms with Crippen molar-refractivity contribution in [3.63, 3.8) is 0 Å². The van der Waals surface area contributed by atoms with Crippen LogP contribution in [0.15, 0.2) is 85.1 Å². The van der Waals surface area contributed by atoms with Crippen LogP contribution in [-0.4, -0.2) is 38.5 Å². The van der Waals surface area contributed by atoms with Crippen molar-refractivity contribution in [2.24, 2.45) is 14.1 Å². The molecule has 0 aliphatic carbocycles. The number of imidazole rings is 1. The molecule has 0 spiro atoms. The standard InChI is InChI=1S/C29H29N5O2/c1-33-17-15-21-19-22(12-13-25(21)33)28(35)31-23(18-20-8-4-3-5-9-20)14-16-30-29(36)27-32-24-10-6-7-11-26(24)34(27)2/h3-13,15,17,19,23H,14,16,18H2,1-2H3,(H,30,36)(H,31,35). The van der Waals surface area contributed by atoms with Gasteiger partial charge in [0.25, 0.3) is 11.8 Å². The van der Waals surface area contributed by atoms with Gasteiger partial charge in [-0.15, -0.1) is 0 Å². The van der Waals surface area contributed by atoms with E-state index in [0.29, 0.717) is 30.8 Å². The minimum absolute atomic E-state index is 0.122. The van der Waals surface area contributed by atoms with Gasteiger partial charge in [-0.25, -0.2) is 4.98 Å². The molecule has 182 valence electrons. The molecule has 0 saturated carbocycles. The Kier molecular flexibility index (Phi) is 6.54. The number of aromatic nitrogens is 3. The summed E-state index contributed by atoms with van der Waals surface area (Å²) in [6.45, 7) is 0.414. The second-order valence-corrected chi connectivity index (χ2v) is 9.09. The van der Waals surface area contributed by atoms with E-state index in [4.69, 9.17) is 0 Å². The van der Waals surface area contributed by atoms with Crippen molar-refractivity contribution in [1.82, 2.24) is 24.8 Å². The molecule has 3 aromatic carbocycles. The van der Waals surface area contributed by atoms with E-state index in [9.17, 15) is 9.59 Å². The van der Waals surface area contributed by atoms with Crippen LogP contribution in [-0.2, 0) is 20.5 Å². The van der Waals surface area contributed by atoms with Crippen LogP contribution in [0.25, 0.3) is 21.9 Å². The number of hydrogen-bond donors (Lipinski definition) is 2. The summed E-state index contributed by atoms with van der Waals surface area (Å²) in [5.74, 6) is 0.0207. The second kappa shape index (κ2) is 10.1. The monoisotopic (exact) mass is 479 g/mol. The van der Waals surface area contributed by atoms with Crippen LogP contribution in [0.3, 0.4) is 0 Å². The summed E-state index contributed by atoms with van der Waals surface area (Å²) in [6, 6.07) is 25.3. The van der Waals surface area contributed by atoms with Crippen molar-refractivity contribution in [2.45, 2.75) is 18.9 Å². The maximum Gasteiger partial charge on any atom is 0.287 e.